The Balaban J connectivity index is 1.75. The second-order valence-corrected chi connectivity index (χ2v) is 8.04. The molecule has 7 heteroatoms. The van der Waals surface area contributed by atoms with Crippen LogP contribution in [0.25, 0.3) is 0 Å². The number of anilines is 1. The molecule has 0 atom stereocenters. The zero-order chi connectivity index (χ0) is 16.3. The Hall–Kier alpha value is -1.66. The summed E-state index contributed by atoms with van der Waals surface area (Å²) >= 11 is 5.81. The number of hydrogen-bond donors (Lipinski definition) is 0. The standard InChI is InChI=1S/C16H18ClN3O2S/c17-14-6-4-13(5-7-14)12-23(21,22)16-9-8-15(18-19-16)20-10-2-1-3-11-20/h4-9H,1-3,10-12H2. The van der Waals surface area contributed by atoms with Crippen molar-refractivity contribution in [3.05, 3.63) is 47.0 Å². The highest BCUT2D eigenvalue weighted by Crippen LogP contribution is 2.20. The Morgan fingerprint density at radius 1 is 0.957 bits per heavy atom. The van der Waals surface area contributed by atoms with Gasteiger partial charge in [0.05, 0.1) is 5.75 Å². The summed E-state index contributed by atoms with van der Waals surface area (Å²) in [5.74, 6) is 0.636. The van der Waals surface area contributed by atoms with Gasteiger partial charge in [-0.3, -0.25) is 0 Å². The maximum Gasteiger partial charge on any atom is 0.201 e. The maximum absolute atomic E-state index is 12.4. The largest absolute Gasteiger partial charge is 0.355 e. The van der Waals surface area contributed by atoms with Crippen molar-refractivity contribution in [2.45, 2.75) is 30.0 Å². The molecule has 5 nitrogen and oxygen atoms in total. The fourth-order valence-electron chi connectivity index (χ4n) is 2.64. The highest BCUT2D eigenvalue weighted by molar-refractivity contribution is 7.90. The van der Waals surface area contributed by atoms with Gasteiger partial charge in [-0.25, -0.2) is 8.42 Å². The first kappa shape index (κ1) is 16.2. The van der Waals surface area contributed by atoms with Gasteiger partial charge >= 0.3 is 0 Å². The predicted octanol–water partition coefficient (Wildman–Crippen LogP) is 3.09. The number of benzene rings is 1. The second kappa shape index (κ2) is 6.84. The number of aromatic nitrogens is 2. The van der Waals surface area contributed by atoms with Crippen LogP contribution in [0.4, 0.5) is 5.82 Å². The second-order valence-electron chi connectivity index (χ2n) is 5.66. The van der Waals surface area contributed by atoms with Gasteiger partial charge < -0.3 is 4.90 Å². The molecule has 0 aliphatic carbocycles. The molecule has 1 aliphatic rings. The van der Waals surface area contributed by atoms with Crippen LogP contribution in [0.3, 0.4) is 0 Å². The first-order chi connectivity index (χ1) is 11.0. The van der Waals surface area contributed by atoms with Gasteiger partial charge in [0, 0.05) is 18.1 Å². The van der Waals surface area contributed by atoms with Crippen LogP contribution in [0.2, 0.25) is 5.02 Å². The van der Waals surface area contributed by atoms with E-state index in [9.17, 15) is 8.42 Å². The molecule has 0 amide bonds. The predicted molar refractivity (Wildman–Crippen MR) is 90.4 cm³/mol. The molecule has 1 aromatic heterocycles. The van der Waals surface area contributed by atoms with Crippen LogP contribution in [-0.2, 0) is 15.6 Å². The number of sulfone groups is 1. The molecule has 0 spiro atoms. The summed E-state index contributed by atoms with van der Waals surface area (Å²) in [7, 11) is -3.51. The third-order valence-corrected chi connectivity index (χ3v) is 5.72. The lowest BCUT2D eigenvalue weighted by atomic mass is 10.1. The minimum atomic E-state index is -3.51. The third kappa shape index (κ3) is 4.00. The Morgan fingerprint density at radius 2 is 1.65 bits per heavy atom. The number of halogens is 1. The zero-order valence-corrected chi connectivity index (χ0v) is 14.2. The van der Waals surface area contributed by atoms with Gasteiger partial charge in [-0.2, -0.15) is 0 Å². The monoisotopic (exact) mass is 351 g/mol. The molecule has 0 unspecified atom stereocenters. The van der Waals surface area contributed by atoms with Crippen molar-refractivity contribution in [1.82, 2.24) is 10.2 Å². The van der Waals surface area contributed by atoms with Crippen molar-refractivity contribution < 1.29 is 8.42 Å². The van der Waals surface area contributed by atoms with Crippen molar-refractivity contribution in [2.75, 3.05) is 18.0 Å². The molecular formula is C16H18ClN3O2S. The average molecular weight is 352 g/mol. The SMILES string of the molecule is O=S(=O)(Cc1ccc(Cl)cc1)c1ccc(N2CCCCC2)nn1. The lowest BCUT2D eigenvalue weighted by Crippen LogP contribution is -2.30. The van der Waals surface area contributed by atoms with E-state index in [0.29, 0.717) is 10.6 Å². The van der Waals surface area contributed by atoms with Crippen LogP contribution in [-0.4, -0.2) is 31.7 Å². The summed E-state index contributed by atoms with van der Waals surface area (Å²) < 4.78 is 24.8. The van der Waals surface area contributed by atoms with Crippen LogP contribution >= 0.6 is 11.6 Å². The van der Waals surface area contributed by atoms with E-state index in [0.717, 1.165) is 31.7 Å². The normalized spacial score (nSPS) is 15.6. The summed E-state index contributed by atoms with van der Waals surface area (Å²) in [4.78, 5) is 2.14. The van der Waals surface area contributed by atoms with Crippen LogP contribution in [0.1, 0.15) is 24.8 Å². The van der Waals surface area contributed by atoms with Gasteiger partial charge in [0.25, 0.3) is 0 Å². The van der Waals surface area contributed by atoms with Crippen molar-refractivity contribution in [2.24, 2.45) is 0 Å². The summed E-state index contributed by atoms with van der Waals surface area (Å²) in [5.41, 5.74) is 0.677. The maximum atomic E-state index is 12.4. The van der Waals surface area contributed by atoms with Crippen molar-refractivity contribution in [3.63, 3.8) is 0 Å². The van der Waals surface area contributed by atoms with Gasteiger partial charge in [-0.15, -0.1) is 10.2 Å². The van der Waals surface area contributed by atoms with Gasteiger partial charge in [-0.1, -0.05) is 23.7 Å². The minimum absolute atomic E-state index is 0.00760. The van der Waals surface area contributed by atoms with Gasteiger partial charge in [0.2, 0.25) is 9.84 Å². The van der Waals surface area contributed by atoms with Crippen LogP contribution < -0.4 is 4.90 Å². The average Bonchev–Trinajstić information content (AvgIpc) is 2.58. The molecule has 1 saturated heterocycles. The number of piperidine rings is 1. The Morgan fingerprint density at radius 3 is 2.26 bits per heavy atom. The first-order valence-electron chi connectivity index (χ1n) is 7.60. The lowest BCUT2D eigenvalue weighted by Gasteiger charge is -2.27. The van der Waals surface area contributed by atoms with Crippen LogP contribution in [0.15, 0.2) is 41.4 Å². The fraction of sp³-hybridized carbons (Fsp3) is 0.375. The molecule has 2 heterocycles. The van der Waals surface area contributed by atoms with Gasteiger partial charge in [-0.05, 0) is 49.1 Å². The molecule has 1 aliphatic heterocycles. The zero-order valence-electron chi connectivity index (χ0n) is 12.7. The molecule has 3 rings (SSSR count). The van der Waals surface area contributed by atoms with Crippen molar-refractivity contribution in [3.8, 4) is 0 Å². The van der Waals surface area contributed by atoms with Gasteiger partial charge in [0.15, 0.2) is 10.8 Å². The lowest BCUT2D eigenvalue weighted by molar-refractivity contribution is 0.567. The molecule has 0 saturated carbocycles. The minimum Gasteiger partial charge on any atom is -0.355 e. The highest BCUT2D eigenvalue weighted by Gasteiger charge is 2.19. The molecule has 2 aromatic rings. The van der Waals surface area contributed by atoms with E-state index < -0.39 is 9.84 Å². The fourth-order valence-corrected chi connectivity index (χ4v) is 3.99. The van der Waals surface area contributed by atoms with Crippen LogP contribution in [0.5, 0.6) is 0 Å². The summed E-state index contributed by atoms with van der Waals surface area (Å²) in [6, 6.07) is 10.1. The van der Waals surface area contributed by atoms with E-state index >= 15 is 0 Å². The van der Waals surface area contributed by atoms with E-state index in [1.807, 2.05) is 0 Å². The van der Waals surface area contributed by atoms with Crippen LogP contribution in [0, 0.1) is 0 Å². The first-order valence-corrected chi connectivity index (χ1v) is 9.63. The van der Waals surface area contributed by atoms with E-state index in [2.05, 4.69) is 15.1 Å². The summed E-state index contributed by atoms with van der Waals surface area (Å²) in [6.45, 7) is 1.90. The molecule has 122 valence electrons. The molecule has 1 aromatic carbocycles. The number of nitrogens with zero attached hydrogens (tertiary/aromatic N) is 3. The molecule has 1 fully saturated rings. The molecule has 0 radical (unpaired) electrons. The topological polar surface area (TPSA) is 63.2 Å². The van der Waals surface area contributed by atoms with E-state index in [-0.39, 0.29) is 10.8 Å². The van der Waals surface area contributed by atoms with E-state index in [4.69, 9.17) is 11.6 Å². The van der Waals surface area contributed by atoms with E-state index in [1.54, 1.807) is 36.4 Å². The highest BCUT2D eigenvalue weighted by atomic mass is 35.5. The molecular weight excluding hydrogens is 334 g/mol. The quantitative estimate of drug-likeness (QED) is 0.847. The van der Waals surface area contributed by atoms with Crippen molar-refractivity contribution in [1.29, 1.82) is 0 Å². The smallest absolute Gasteiger partial charge is 0.201 e. The Labute approximate surface area is 141 Å². The van der Waals surface area contributed by atoms with Gasteiger partial charge in [0.1, 0.15) is 0 Å². The number of hydrogen-bond acceptors (Lipinski definition) is 5. The van der Waals surface area contributed by atoms with E-state index in [1.165, 1.54) is 6.42 Å². The summed E-state index contributed by atoms with van der Waals surface area (Å²) in [5, 5.41) is 8.62. The van der Waals surface area contributed by atoms with Crippen molar-refractivity contribution >= 4 is 27.3 Å². The summed E-state index contributed by atoms with van der Waals surface area (Å²) in [6.07, 6.45) is 3.51. The molecule has 23 heavy (non-hydrogen) atoms. The Kier molecular flexibility index (Phi) is 4.82. The molecule has 0 N–H and O–H groups in total. The third-order valence-electron chi connectivity index (χ3n) is 3.89. The Bertz CT molecular complexity index is 755. The number of rotatable bonds is 4. The molecule has 0 bridgehead atoms.